The molecular formula is C18H28N2O. The molecule has 1 heterocycles. The molecule has 0 aliphatic carbocycles. The van der Waals surface area contributed by atoms with Gasteiger partial charge < -0.3 is 5.32 Å². The molecule has 3 heteroatoms. The van der Waals surface area contributed by atoms with Crippen LogP contribution in [0.3, 0.4) is 0 Å². The smallest absolute Gasteiger partial charge is 0.251 e. The van der Waals surface area contributed by atoms with Gasteiger partial charge in [-0.2, -0.15) is 0 Å². The summed E-state index contributed by atoms with van der Waals surface area (Å²) in [5, 5.41) is 3.01. The molecule has 1 aromatic rings. The third kappa shape index (κ3) is 5.16. The summed E-state index contributed by atoms with van der Waals surface area (Å²) in [5.74, 6) is 0.0330. The fraction of sp³-hybridized carbons (Fsp3) is 0.611. The first-order chi connectivity index (χ1) is 10.2. The predicted octanol–water partition coefficient (Wildman–Crippen LogP) is 3.59. The van der Waals surface area contributed by atoms with E-state index in [4.69, 9.17) is 0 Å². The first-order valence-electron chi connectivity index (χ1n) is 8.31. The molecule has 1 atom stereocenters. The van der Waals surface area contributed by atoms with Crippen molar-refractivity contribution in [1.82, 2.24) is 10.2 Å². The number of carbonyl (C=O) groups is 1. The molecule has 1 aliphatic heterocycles. The topological polar surface area (TPSA) is 32.3 Å². The number of rotatable bonds is 5. The number of benzene rings is 1. The van der Waals surface area contributed by atoms with Crippen LogP contribution < -0.4 is 5.32 Å². The van der Waals surface area contributed by atoms with Gasteiger partial charge in [-0.3, -0.25) is 9.69 Å². The predicted molar refractivity (Wildman–Crippen MR) is 87.4 cm³/mol. The number of likely N-dealkylation sites (tertiary alicyclic amines) is 1. The Labute approximate surface area is 128 Å². The average molecular weight is 288 g/mol. The number of hydrogen-bond donors (Lipinski definition) is 1. The number of carbonyl (C=O) groups excluding carboxylic acids is 1. The molecule has 1 amide bonds. The Morgan fingerprint density at radius 1 is 1.14 bits per heavy atom. The van der Waals surface area contributed by atoms with E-state index in [0.29, 0.717) is 0 Å². The normalized spacial score (nSPS) is 18.0. The highest BCUT2D eigenvalue weighted by atomic mass is 16.1. The van der Waals surface area contributed by atoms with Crippen LogP contribution >= 0.6 is 0 Å². The largest absolute Gasteiger partial charge is 0.350 e. The molecule has 0 radical (unpaired) electrons. The Balaban J connectivity index is 1.90. The Bertz CT molecular complexity index is 433. The van der Waals surface area contributed by atoms with Gasteiger partial charge in [-0.1, -0.05) is 31.9 Å². The van der Waals surface area contributed by atoms with Crippen molar-refractivity contribution < 1.29 is 4.79 Å². The SMILES string of the molecule is CCC(C)NC(=O)c1ccc(CN2CCCCCC2)cc1. The zero-order valence-corrected chi connectivity index (χ0v) is 13.4. The molecule has 1 aromatic carbocycles. The van der Waals surface area contributed by atoms with Crippen molar-refractivity contribution in [2.75, 3.05) is 13.1 Å². The standard InChI is InChI=1S/C18H28N2O/c1-3-15(2)19-18(21)17-10-8-16(9-11-17)14-20-12-6-4-5-7-13-20/h8-11,15H,3-7,12-14H2,1-2H3,(H,19,21). The first kappa shape index (κ1) is 16.0. The van der Waals surface area contributed by atoms with Crippen molar-refractivity contribution in [1.29, 1.82) is 0 Å². The number of nitrogens with zero attached hydrogens (tertiary/aromatic N) is 1. The third-order valence-electron chi connectivity index (χ3n) is 4.31. The summed E-state index contributed by atoms with van der Waals surface area (Å²) in [6.45, 7) is 7.53. The third-order valence-corrected chi connectivity index (χ3v) is 4.31. The van der Waals surface area contributed by atoms with E-state index in [1.54, 1.807) is 0 Å². The minimum Gasteiger partial charge on any atom is -0.350 e. The summed E-state index contributed by atoms with van der Waals surface area (Å²) in [5.41, 5.74) is 2.06. The Hall–Kier alpha value is -1.35. The second-order valence-electron chi connectivity index (χ2n) is 6.17. The highest BCUT2D eigenvalue weighted by Gasteiger charge is 2.11. The summed E-state index contributed by atoms with van der Waals surface area (Å²) in [6.07, 6.45) is 6.32. The first-order valence-corrected chi connectivity index (χ1v) is 8.31. The Kier molecular flexibility index (Phi) is 6.24. The van der Waals surface area contributed by atoms with Gasteiger partial charge in [0.2, 0.25) is 0 Å². The molecule has 0 aromatic heterocycles. The second kappa shape index (κ2) is 8.18. The van der Waals surface area contributed by atoms with Gasteiger partial charge in [0.1, 0.15) is 0 Å². The van der Waals surface area contributed by atoms with Crippen LogP contribution in [-0.4, -0.2) is 29.9 Å². The maximum Gasteiger partial charge on any atom is 0.251 e. The molecule has 3 nitrogen and oxygen atoms in total. The molecule has 1 aliphatic rings. The van der Waals surface area contributed by atoms with E-state index < -0.39 is 0 Å². The zero-order chi connectivity index (χ0) is 15.1. The summed E-state index contributed by atoms with van der Waals surface area (Å²) in [4.78, 5) is 14.6. The lowest BCUT2D eigenvalue weighted by molar-refractivity contribution is 0.0939. The number of amides is 1. The molecule has 1 unspecified atom stereocenters. The molecule has 116 valence electrons. The molecule has 1 N–H and O–H groups in total. The van der Waals surface area contributed by atoms with E-state index in [0.717, 1.165) is 18.5 Å². The molecule has 0 bridgehead atoms. The molecule has 0 saturated carbocycles. The lowest BCUT2D eigenvalue weighted by Crippen LogP contribution is -2.31. The van der Waals surface area contributed by atoms with Crippen LogP contribution in [-0.2, 0) is 6.54 Å². The Morgan fingerprint density at radius 3 is 2.33 bits per heavy atom. The van der Waals surface area contributed by atoms with Crippen LogP contribution in [0.2, 0.25) is 0 Å². The van der Waals surface area contributed by atoms with Gasteiger partial charge in [-0.15, -0.1) is 0 Å². The van der Waals surface area contributed by atoms with Crippen molar-refractivity contribution in [2.24, 2.45) is 0 Å². The van der Waals surface area contributed by atoms with Gasteiger partial charge in [0.05, 0.1) is 0 Å². The highest BCUT2D eigenvalue weighted by Crippen LogP contribution is 2.14. The van der Waals surface area contributed by atoms with Crippen LogP contribution in [0, 0.1) is 0 Å². The van der Waals surface area contributed by atoms with Crippen molar-refractivity contribution in [3.63, 3.8) is 0 Å². The van der Waals surface area contributed by atoms with E-state index in [2.05, 4.69) is 29.3 Å². The summed E-state index contributed by atoms with van der Waals surface area (Å²) >= 11 is 0. The summed E-state index contributed by atoms with van der Waals surface area (Å²) in [7, 11) is 0. The second-order valence-corrected chi connectivity index (χ2v) is 6.17. The lowest BCUT2D eigenvalue weighted by atomic mass is 10.1. The van der Waals surface area contributed by atoms with Gasteiger partial charge in [0.15, 0.2) is 0 Å². The lowest BCUT2D eigenvalue weighted by Gasteiger charge is -2.19. The molecular weight excluding hydrogens is 260 g/mol. The van der Waals surface area contributed by atoms with Crippen LogP contribution in [0.5, 0.6) is 0 Å². The maximum absolute atomic E-state index is 12.0. The van der Waals surface area contributed by atoms with Crippen molar-refractivity contribution in [3.8, 4) is 0 Å². The van der Waals surface area contributed by atoms with Gasteiger partial charge in [0.25, 0.3) is 5.91 Å². The minimum atomic E-state index is 0.0330. The van der Waals surface area contributed by atoms with Crippen LogP contribution in [0.4, 0.5) is 0 Å². The quantitative estimate of drug-likeness (QED) is 0.898. The van der Waals surface area contributed by atoms with Gasteiger partial charge in [-0.25, -0.2) is 0 Å². The van der Waals surface area contributed by atoms with E-state index in [1.807, 2.05) is 19.1 Å². The van der Waals surface area contributed by atoms with E-state index in [-0.39, 0.29) is 11.9 Å². The van der Waals surface area contributed by atoms with Crippen LogP contribution in [0.1, 0.15) is 61.9 Å². The highest BCUT2D eigenvalue weighted by molar-refractivity contribution is 5.94. The monoisotopic (exact) mass is 288 g/mol. The number of hydrogen-bond acceptors (Lipinski definition) is 2. The number of nitrogens with one attached hydrogen (secondary N) is 1. The molecule has 0 spiro atoms. The van der Waals surface area contributed by atoms with Gasteiger partial charge >= 0.3 is 0 Å². The van der Waals surface area contributed by atoms with Gasteiger partial charge in [0, 0.05) is 18.2 Å². The minimum absolute atomic E-state index is 0.0330. The van der Waals surface area contributed by atoms with E-state index in [9.17, 15) is 4.79 Å². The Morgan fingerprint density at radius 2 is 1.76 bits per heavy atom. The fourth-order valence-corrected chi connectivity index (χ4v) is 2.72. The van der Waals surface area contributed by atoms with Crippen LogP contribution in [0.25, 0.3) is 0 Å². The van der Waals surface area contributed by atoms with Crippen molar-refractivity contribution in [3.05, 3.63) is 35.4 Å². The van der Waals surface area contributed by atoms with E-state index >= 15 is 0 Å². The van der Waals surface area contributed by atoms with Crippen molar-refractivity contribution in [2.45, 2.75) is 58.5 Å². The molecule has 2 rings (SSSR count). The average Bonchev–Trinajstić information content (AvgIpc) is 2.76. The van der Waals surface area contributed by atoms with Crippen LogP contribution in [0.15, 0.2) is 24.3 Å². The summed E-state index contributed by atoms with van der Waals surface area (Å²) < 4.78 is 0. The maximum atomic E-state index is 12.0. The summed E-state index contributed by atoms with van der Waals surface area (Å²) in [6, 6.07) is 8.32. The molecule has 1 saturated heterocycles. The zero-order valence-electron chi connectivity index (χ0n) is 13.4. The fourth-order valence-electron chi connectivity index (χ4n) is 2.72. The van der Waals surface area contributed by atoms with Crippen molar-refractivity contribution >= 4 is 5.91 Å². The molecule has 21 heavy (non-hydrogen) atoms. The van der Waals surface area contributed by atoms with Gasteiger partial charge in [-0.05, 0) is 57.0 Å². The molecule has 1 fully saturated rings. The van der Waals surface area contributed by atoms with E-state index in [1.165, 1.54) is 44.3 Å².